The van der Waals surface area contributed by atoms with Gasteiger partial charge in [0, 0.05) is 5.38 Å². The number of aromatic nitrogens is 2. The van der Waals surface area contributed by atoms with Crippen LogP contribution < -0.4 is 11.1 Å². The normalized spacial score (nSPS) is 10.1. The lowest BCUT2D eigenvalue weighted by atomic mass is 10.4. The predicted molar refractivity (Wildman–Crippen MR) is 59.8 cm³/mol. The van der Waals surface area contributed by atoms with Gasteiger partial charge in [-0.3, -0.25) is 9.78 Å². The number of rotatable bonds is 3. The van der Waals surface area contributed by atoms with Gasteiger partial charge in [0.2, 0.25) is 0 Å². The molecular formula is C8H8N4OS2. The second-order valence-electron chi connectivity index (χ2n) is 2.73. The third kappa shape index (κ3) is 2.51. The van der Waals surface area contributed by atoms with Crippen molar-refractivity contribution in [2.45, 2.75) is 6.54 Å². The molecule has 15 heavy (non-hydrogen) atoms. The number of carbonyl (C=O) groups is 1. The Kier molecular flexibility index (Phi) is 2.93. The number of nitrogens with two attached hydrogens (primary N) is 1. The molecule has 3 N–H and O–H groups in total. The summed E-state index contributed by atoms with van der Waals surface area (Å²) in [5.41, 5.74) is 7.86. The lowest BCUT2D eigenvalue weighted by Gasteiger charge is -1.99. The molecule has 0 saturated heterocycles. The van der Waals surface area contributed by atoms with E-state index in [0.29, 0.717) is 16.6 Å². The van der Waals surface area contributed by atoms with Crippen LogP contribution in [0.4, 0.5) is 5.13 Å². The number of thiazole rings is 2. The van der Waals surface area contributed by atoms with E-state index in [4.69, 9.17) is 5.73 Å². The number of nitrogens with zero attached hydrogens (tertiary/aromatic N) is 2. The summed E-state index contributed by atoms with van der Waals surface area (Å²) < 4.78 is 0. The van der Waals surface area contributed by atoms with Crippen LogP contribution in [-0.4, -0.2) is 15.9 Å². The van der Waals surface area contributed by atoms with Crippen LogP contribution in [0.15, 0.2) is 17.1 Å². The van der Waals surface area contributed by atoms with Crippen LogP contribution in [-0.2, 0) is 6.54 Å². The maximum absolute atomic E-state index is 11.5. The van der Waals surface area contributed by atoms with Gasteiger partial charge in [0.1, 0.15) is 4.88 Å². The Hall–Kier alpha value is -1.47. The summed E-state index contributed by atoms with van der Waals surface area (Å²) >= 11 is 2.66. The molecule has 0 aromatic carbocycles. The van der Waals surface area contributed by atoms with Crippen molar-refractivity contribution in [3.05, 3.63) is 27.7 Å². The van der Waals surface area contributed by atoms with Crippen LogP contribution in [0.2, 0.25) is 0 Å². The molecule has 0 saturated carbocycles. The Labute approximate surface area is 94.0 Å². The van der Waals surface area contributed by atoms with Crippen LogP contribution in [0, 0.1) is 0 Å². The van der Waals surface area contributed by atoms with E-state index in [1.165, 1.54) is 28.9 Å². The van der Waals surface area contributed by atoms with Crippen LogP contribution >= 0.6 is 22.7 Å². The van der Waals surface area contributed by atoms with Crippen molar-refractivity contribution in [1.82, 2.24) is 15.3 Å². The molecule has 0 unspecified atom stereocenters. The summed E-state index contributed by atoms with van der Waals surface area (Å²) in [6, 6.07) is 0. The van der Waals surface area contributed by atoms with Crippen molar-refractivity contribution in [3.63, 3.8) is 0 Å². The number of hydrogen-bond acceptors (Lipinski definition) is 6. The molecule has 2 rings (SSSR count). The largest absolute Gasteiger partial charge is 0.375 e. The third-order valence-corrected chi connectivity index (χ3v) is 3.15. The first kappa shape index (κ1) is 10.1. The van der Waals surface area contributed by atoms with Gasteiger partial charge in [-0.1, -0.05) is 0 Å². The number of carbonyl (C=O) groups excluding carboxylic acids is 1. The highest BCUT2D eigenvalue weighted by Crippen LogP contribution is 2.11. The SMILES string of the molecule is Nc1nc(CNC(=O)c2cncs2)cs1. The highest BCUT2D eigenvalue weighted by molar-refractivity contribution is 7.13. The standard InChI is InChI=1S/C8H8N4OS2/c9-8-12-5(3-14-8)1-11-7(13)6-2-10-4-15-6/h2-4H,1H2,(H2,9,12)(H,11,13). The van der Waals surface area contributed by atoms with Gasteiger partial charge in [0.25, 0.3) is 5.91 Å². The van der Waals surface area contributed by atoms with Gasteiger partial charge in [-0.15, -0.1) is 22.7 Å². The summed E-state index contributed by atoms with van der Waals surface area (Å²) in [5, 5.41) is 5.07. The van der Waals surface area contributed by atoms with Crippen molar-refractivity contribution >= 4 is 33.7 Å². The van der Waals surface area contributed by atoms with E-state index in [0.717, 1.165) is 5.69 Å². The maximum Gasteiger partial charge on any atom is 0.263 e. The summed E-state index contributed by atoms with van der Waals surface area (Å²) in [6.07, 6.45) is 1.54. The topological polar surface area (TPSA) is 80.9 Å². The van der Waals surface area contributed by atoms with Gasteiger partial charge in [0.15, 0.2) is 5.13 Å². The molecule has 0 bridgehead atoms. The van der Waals surface area contributed by atoms with Gasteiger partial charge >= 0.3 is 0 Å². The second kappa shape index (κ2) is 4.37. The van der Waals surface area contributed by atoms with Crippen molar-refractivity contribution < 1.29 is 4.79 Å². The number of hydrogen-bond donors (Lipinski definition) is 2. The molecule has 7 heteroatoms. The zero-order valence-electron chi connectivity index (χ0n) is 7.64. The molecule has 2 aromatic rings. The highest BCUT2D eigenvalue weighted by atomic mass is 32.1. The van der Waals surface area contributed by atoms with Crippen LogP contribution in [0.3, 0.4) is 0 Å². The molecular weight excluding hydrogens is 232 g/mol. The maximum atomic E-state index is 11.5. The molecule has 2 aromatic heterocycles. The molecule has 0 fully saturated rings. The Morgan fingerprint density at radius 3 is 3.00 bits per heavy atom. The van der Waals surface area contributed by atoms with Crippen molar-refractivity contribution in [2.75, 3.05) is 5.73 Å². The van der Waals surface area contributed by atoms with E-state index >= 15 is 0 Å². The first-order valence-corrected chi connectivity index (χ1v) is 5.88. The Morgan fingerprint density at radius 1 is 1.53 bits per heavy atom. The molecule has 0 aliphatic heterocycles. The summed E-state index contributed by atoms with van der Waals surface area (Å²) in [7, 11) is 0. The van der Waals surface area contributed by atoms with Gasteiger partial charge in [0.05, 0.1) is 23.9 Å². The quantitative estimate of drug-likeness (QED) is 0.842. The van der Waals surface area contributed by atoms with Gasteiger partial charge < -0.3 is 11.1 Å². The molecule has 2 heterocycles. The lowest BCUT2D eigenvalue weighted by Crippen LogP contribution is -2.21. The minimum Gasteiger partial charge on any atom is -0.375 e. The molecule has 0 atom stereocenters. The number of nitrogens with one attached hydrogen (secondary N) is 1. The number of nitrogen functional groups attached to an aromatic ring is 1. The fraction of sp³-hybridized carbons (Fsp3) is 0.125. The van der Waals surface area contributed by atoms with Gasteiger partial charge in [-0.05, 0) is 0 Å². The molecule has 78 valence electrons. The van der Waals surface area contributed by atoms with E-state index in [9.17, 15) is 4.79 Å². The third-order valence-electron chi connectivity index (χ3n) is 1.66. The van der Waals surface area contributed by atoms with E-state index in [1.54, 1.807) is 5.51 Å². The average molecular weight is 240 g/mol. The number of amides is 1. The zero-order chi connectivity index (χ0) is 10.7. The van der Waals surface area contributed by atoms with E-state index in [1.807, 2.05) is 5.38 Å². The Balaban J connectivity index is 1.91. The second-order valence-corrected chi connectivity index (χ2v) is 4.50. The van der Waals surface area contributed by atoms with E-state index in [2.05, 4.69) is 15.3 Å². The Bertz CT molecular complexity index is 451. The number of anilines is 1. The zero-order valence-corrected chi connectivity index (χ0v) is 9.27. The summed E-state index contributed by atoms with van der Waals surface area (Å²) in [6.45, 7) is 0.393. The fourth-order valence-corrected chi connectivity index (χ4v) is 2.09. The van der Waals surface area contributed by atoms with Crippen LogP contribution in [0.5, 0.6) is 0 Å². The monoisotopic (exact) mass is 240 g/mol. The molecule has 0 aliphatic rings. The van der Waals surface area contributed by atoms with Crippen molar-refractivity contribution in [2.24, 2.45) is 0 Å². The van der Waals surface area contributed by atoms with E-state index < -0.39 is 0 Å². The van der Waals surface area contributed by atoms with Gasteiger partial charge in [-0.25, -0.2) is 4.98 Å². The highest BCUT2D eigenvalue weighted by Gasteiger charge is 2.07. The molecule has 1 amide bonds. The minimum absolute atomic E-state index is 0.135. The van der Waals surface area contributed by atoms with Crippen molar-refractivity contribution in [3.8, 4) is 0 Å². The van der Waals surface area contributed by atoms with Crippen LogP contribution in [0.1, 0.15) is 15.4 Å². The van der Waals surface area contributed by atoms with Crippen molar-refractivity contribution in [1.29, 1.82) is 0 Å². The minimum atomic E-state index is -0.135. The Morgan fingerprint density at radius 2 is 2.40 bits per heavy atom. The molecule has 5 nitrogen and oxygen atoms in total. The first-order valence-electron chi connectivity index (χ1n) is 4.12. The molecule has 0 radical (unpaired) electrons. The average Bonchev–Trinajstić information content (AvgIpc) is 2.84. The van der Waals surface area contributed by atoms with E-state index in [-0.39, 0.29) is 5.91 Å². The summed E-state index contributed by atoms with van der Waals surface area (Å²) in [4.78, 5) is 19.9. The van der Waals surface area contributed by atoms with Gasteiger partial charge in [-0.2, -0.15) is 0 Å². The molecule has 0 aliphatic carbocycles. The van der Waals surface area contributed by atoms with Crippen LogP contribution in [0.25, 0.3) is 0 Å². The fourth-order valence-electron chi connectivity index (χ4n) is 0.990. The first-order chi connectivity index (χ1) is 7.25. The molecule has 0 spiro atoms. The summed E-state index contributed by atoms with van der Waals surface area (Å²) in [5.74, 6) is -0.135. The smallest absolute Gasteiger partial charge is 0.263 e. The predicted octanol–water partition coefficient (Wildman–Crippen LogP) is 1.11. The lowest BCUT2D eigenvalue weighted by molar-refractivity contribution is 0.0954.